The van der Waals surface area contributed by atoms with Gasteiger partial charge >= 0.3 is 11.9 Å². The van der Waals surface area contributed by atoms with Crippen LogP contribution in [-0.2, 0) is 24.0 Å². The molecule has 0 aromatic rings. The molecule has 0 rings (SSSR count). The molecule has 0 aliphatic carbocycles. The summed E-state index contributed by atoms with van der Waals surface area (Å²) in [5.74, 6) is -5.24. The molecule has 31 heavy (non-hydrogen) atoms. The molecular formula is C17H31N5O8S. The average Bonchev–Trinajstić information content (AvgIpc) is 2.72. The molecule has 14 heteroatoms. The summed E-state index contributed by atoms with van der Waals surface area (Å²) < 4.78 is 0. The fourth-order valence-electron chi connectivity index (χ4n) is 2.39. The minimum Gasteiger partial charge on any atom is -0.481 e. The number of carbonyl (C=O) groups is 5. The zero-order chi connectivity index (χ0) is 24.0. The SMILES string of the molecule is NCCCCC(NC(=O)C(CS)NC(=O)C(CCC(=O)O)NC(=O)C(N)CO)C(=O)O. The number of aliphatic hydroxyl groups excluding tert-OH is 1. The number of thiol groups is 1. The van der Waals surface area contributed by atoms with Gasteiger partial charge in [0.05, 0.1) is 6.61 Å². The molecule has 4 unspecified atom stereocenters. The van der Waals surface area contributed by atoms with Gasteiger partial charge in [-0.1, -0.05) is 0 Å². The van der Waals surface area contributed by atoms with Crippen molar-refractivity contribution in [2.45, 2.75) is 56.3 Å². The van der Waals surface area contributed by atoms with Gasteiger partial charge in [-0.15, -0.1) is 0 Å². The van der Waals surface area contributed by atoms with E-state index in [-0.39, 0.29) is 18.6 Å². The van der Waals surface area contributed by atoms with E-state index in [0.29, 0.717) is 19.4 Å². The van der Waals surface area contributed by atoms with Crippen LogP contribution in [0.15, 0.2) is 0 Å². The van der Waals surface area contributed by atoms with Crippen LogP contribution in [0, 0.1) is 0 Å². The maximum atomic E-state index is 12.5. The van der Waals surface area contributed by atoms with Crippen LogP contribution in [0.25, 0.3) is 0 Å². The Kier molecular flexibility index (Phi) is 14.2. The van der Waals surface area contributed by atoms with Crippen molar-refractivity contribution in [1.29, 1.82) is 0 Å². The molecule has 0 radical (unpaired) electrons. The highest BCUT2D eigenvalue weighted by Crippen LogP contribution is 2.04. The number of hydrogen-bond donors (Lipinski definition) is 9. The maximum absolute atomic E-state index is 12.5. The molecule has 0 aromatic carbocycles. The number of unbranched alkanes of at least 4 members (excludes halogenated alkanes) is 1. The standard InChI is InChI=1S/C17H31N5O8S/c18-6-2-1-3-11(17(29)30)21-16(28)12(8-31)22-15(27)10(4-5-13(24)25)20-14(26)9(19)7-23/h9-12,23,31H,1-8,18-19H2,(H,20,26)(H,21,28)(H,22,27)(H,24,25)(H,29,30). The number of carboxylic acid groups (broad SMARTS) is 2. The van der Waals surface area contributed by atoms with Crippen LogP contribution in [0.2, 0.25) is 0 Å². The van der Waals surface area contributed by atoms with Gasteiger partial charge in [0.25, 0.3) is 0 Å². The Morgan fingerprint density at radius 1 is 0.839 bits per heavy atom. The molecule has 0 saturated heterocycles. The van der Waals surface area contributed by atoms with Gasteiger partial charge in [0.2, 0.25) is 17.7 Å². The van der Waals surface area contributed by atoms with E-state index in [1.54, 1.807) is 0 Å². The second-order valence-electron chi connectivity index (χ2n) is 6.71. The number of carboxylic acids is 2. The first-order valence-corrected chi connectivity index (χ1v) is 10.2. The Balaban J connectivity index is 5.17. The number of nitrogens with two attached hydrogens (primary N) is 2. The Labute approximate surface area is 184 Å². The van der Waals surface area contributed by atoms with E-state index in [1.807, 2.05) is 0 Å². The molecule has 0 spiro atoms. The van der Waals surface area contributed by atoms with Crippen LogP contribution in [0.5, 0.6) is 0 Å². The summed E-state index contributed by atoms with van der Waals surface area (Å²) in [6.07, 6.45) is 0.421. The topological polar surface area (TPSA) is 234 Å². The lowest BCUT2D eigenvalue weighted by Crippen LogP contribution is -2.58. The molecule has 13 nitrogen and oxygen atoms in total. The third-order valence-electron chi connectivity index (χ3n) is 4.19. The van der Waals surface area contributed by atoms with Crippen LogP contribution in [-0.4, -0.2) is 88.1 Å². The monoisotopic (exact) mass is 465 g/mol. The molecule has 0 saturated carbocycles. The minimum atomic E-state index is -1.35. The fraction of sp³-hybridized carbons (Fsp3) is 0.706. The first-order chi connectivity index (χ1) is 14.6. The molecule has 3 amide bonds. The maximum Gasteiger partial charge on any atom is 0.326 e. The number of carbonyl (C=O) groups excluding carboxylic acids is 3. The summed E-state index contributed by atoms with van der Waals surface area (Å²) in [6, 6.07) is -5.11. The average molecular weight is 466 g/mol. The zero-order valence-corrected chi connectivity index (χ0v) is 17.8. The number of aliphatic carboxylic acids is 2. The molecule has 0 fully saturated rings. The molecule has 178 valence electrons. The van der Waals surface area contributed by atoms with Crippen LogP contribution < -0.4 is 27.4 Å². The molecule has 0 bridgehead atoms. The second kappa shape index (κ2) is 15.4. The van der Waals surface area contributed by atoms with Crippen LogP contribution >= 0.6 is 12.6 Å². The molecule has 0 heterocycles. The molecule has 10 N–H and O–H groups in total. The third-order valence-corrected chi connectivity index (χ3v) is 4.56. The number of rotatable bonds is 16. The Hall–Kier alpha value is -2.42. The van der Waals surface area contributed by atoms with Crippen LogP contribution in [0.4, 0.5) is 0 Å². The van der Waals surface area contributed by atoms with Gasteiger partial charge in [-0.3, -0.25) is 19.2 Å². The van der Waals surface area contributed by atoms with E-state index in [1.165, 1.54) is 0 Å². The van der Waals surface area contributed by atoms with Crippen molar-refractivity contribution in [2.75, 3.05) is 18.9 Å². The highest BCUT2D eigenvalue weighted by molar-refractivity contribution is 7.80. The summed E-state index contributed by atoms with van der Waals surface area (Å²) >= 11 is 3.99. The predicted molar refractivity (Wildman–Crippen MR) is 112 cm³/mol. The van der Waals surface area contributed by atoms with Crippen molar-refractivity contribution < 1.29 is 39.3 Å². The molecular weight excluding hydrogens is 434 g/mol. The Morgan fingerprint density at radius 3 is 1.87 bits per heavy atom. The number of hydrogen-bond acceptors (Lipinski definition) is 9. The normalized spacial score (nSPS) is 14.6. The summed E-state index contributed by atoms with van der Waals surface area (Å²) in [5.41, 5.74) is 10.7. The lowest BCUT2D eigenvalue weighted by Gasteiger charge is -2.24. The van der Waals surface area contributed by atoms with E-state index in [4.69, 9.17) is 21.7 Å². The van der Waals surface area contributed by atoms with E-state index in [2.05, 4.69) is 28.6 Å². The van der Waals surface area contributed by atoms with Crippen molar-refractivity contribution in [3.63, 3.8) is 0 Å². The van der Waals surface area contributed by atoms with Crippen LogP contribution in [0.1, 0.15) is 32.1 Å². The van der Waals surface area contributed by atoms with Gasteiger partial charge in [0.1, 0.15) is 24.2 Å². The summed E-state index contributed by atoms with van der Waals surface area (Å²) in [6.45, 7) is -0.319. The predicted octanol–water partition coefficient (Wildman–Crippen LogP) is -3.23. The van der Waals surface area contributed by atoms with Gasteiger partial charge in [0.15, 0.2) is 0 Å². The summed E-state index contributed by atoms with van der Waals surface area (Å²) in [4.78, 5) is 59.0. The van der Waals surface area contributed by atoms with Gasteiger partial charge < -0.3 is 42.7 Å². The molecule has 0 aromatic heterocycles. The molecule has 4 atom stereocenters. The van der Waals surface area contributed by atoms with Crippen molar-refractivity contribution >= 4 is 42.3 Å². The van der Waals surface area contributed by atoms with Gasteiger partial charge in [0, 0.05) is 12.2 Å². The number of amides is 3. The largest absolute Gasteiger partial charge is 0.481 e. The number of aliphatic hydroxyl groups is 1. The lowest BCUT2D eigenvalue weighted by molar-refractivity contribution is -0.142. The minimum absolute atomic E-state index is 0.141. The van der Waals surface area contributed by atoms with E-state index < -0.39 is 66.9 Å². The van der Waals surface area contributed by atoms with Gasteiger partial charge in [-0.2, -0.15) is 12.6 Å². The molecule has 0 aliphatic rings. The summed E-state index contributed by atoms with van der Waals surface area (Å²) in [5, 5.41) is 33.9. The Bertz CT molecular complexity index is 636. The van der Waals surface area contributed by atoms with Crippen molar-refractivity contribution in [3.8, 4) is 0 Å². The van der Waals surface area contributed by atoms with Crippen molar-refractivity contribution in [3.05, 3.63) is 0 Å². The summed E-state index contributed by atoms with van der Waals surface area (Å²) in [7, 11) is 0. The van der Waals surface area contributed by atoms with E-state index >= 15 is 0 Å². The third kappa shape index (κ3) is 11.5. The zero-order valence-electron chi connectivity index (χ0n) is 17.0. The lowest BCUT2D eigenvalue weighted by atomic mass is 10.1. The quantitative estimate of drug-likeness (QED) is 0.0816. The number of nitrogens with one attached hydrogen (secondary N) is 3. The highest BCUT2D eigenvalue weighted by Gasteiger charge is 2.29. The fourth-order valence-corrected chi connectivity index (χ4v) is 2.64. The van der Waals surface area contributed by atoms with Crippen LogP contribution in [0.3, 0.4) is 0 Å². The first-order valence-electron chi connectivity index (χ1n) is 9.60. The molecule has 0 aliphatic heterocycles. The van der Waals surface area contributed by atoms with Crippen molar-refractivity contribution in [1.82, 2.24) is 16.0 Å². The van der Waals surface area contributed by atoms with E-state index in [0.717, 1.165) is 0 Å². The first kappa shape index (κ1) is 28.6. The van der Waals surface area contributed by atoms with Gasteiger partial charge in [-0.25, -0.2) is 4.79 Å². The Morgan fingerprint density at radius 2 is 1.39 bits per heavy atom. The smallest absolute Gasteiger partial charge is 0.326 e. The second-order valence-corrected chi connectivity index (χ2v) is 7.08. The van der Waals surface area contributed by atoms with E-state index in [9.17, 15) is 29.1 Å². The highest BCUT2D eigenvalue weighted by atomic mass is 32.1. The van der Waals surface area contributed by atoms with Crippen molar-refractivity contribution in [2.24, 2.45) is 11.5 Å². The van der Waals surface area contributed by atoms with Gasteiger partial charge in [-0.05, 0) is 32.2 Å².